The molecule has 0 fully saturated rings. The Morgan fingerprint density at radius 2 is 1.71 bits per heavy atom. The summed E-state index contributed by atoms with van der Waals surface area (Å²) in [5.74, 6) is 0. The molecule has 0 aromatic heterocycles. The van der Waals surface area contributed by atoms with E-state index in [1.165, 1.54) is 31.3 Å². The molecule has 1 aliphatic rings. The second-order valence-corrected chi connectivity index (χ2v) is 3.53. The Morgan fingerprint density at radius 3 is 2.18 bits per heavy atom. The van der Waals surface area contributed by atoms with Gasteiger partial charge in [0.25, 0.3) is 0 Å². The minimum Gasteiger partial charge on any atom is -0.999 e. The quantitative estimate of drug-likeness (QED) is 0.544. The van der Waals surface area contributed by atoms with Crippen LogP contribution < -0.4 is 0 Å². The monoisotopic (exact) mass is 258 g/mol. The fourth-order valence-electron chi connectivity index (χ4n) is 1.62. The minimum absolute atomic E-state index is 0. The van der Waals surface area contributed by atoms with Gasteiger partial charge in [0.15, 0.2) is 0 Å². The summed E-state index contributed by atoms with van der Waals surface area (Å²) in [5, 5.41) is 0. The van der Waals surface area contributed by atoms with Crippen LogP contribution in [0.4, 0.5) is 0 Å². The predicted molar refractivity (Wildman–Crippen MR) is 61.2 cm³/mol. The Balaban J connectivity index is 0.000000205. The fourth-order valence-corrected chi connectivity index (χ4v) is 1.62. The van der Waals surface area contributed by atoms with Crippen molar-refractivity contribution in [2.75, 3.05) is 0 Å². The van der Waals surface area contributed by atoms with E-state index >= 15 is 0 Å². The van der Waals surface area contributed by atoms with Gasteiger partial charge in [-0.1, -0.05) is 12.8 Å². The number of allylic oxidation sites excluding steroid dienone is 2. The van der Waals surface area contributed by atoms with Crippen molar-refractivity contribution in [1.82, 2.24) is 0 Å². The SMILES string of the molecule is [Fe].[c-]1[c-][c-][c-](C2=CCCCC2)[c-]1.[c-]1[c-][c-][cH-][c-]1. The molecule has 0 radical (unpaired) electrons. The van der Waals surface area contributed by atoms with Crippen molar-refractivity contribution in [3.63, 3.8) is 0 Å². The van der Waals surface area contributed by atoms with E-state index in [9.17, 15) is 0 Å². The molecule has 92 valence electrons. The molecule has 0 nitrogen and oxygen atoms in total. The first-order valence-corrected chi connectivity index (χ1v) is 5.38. The average molecular weight is 258 g/mol. The zero-order chi connectivity index (χ0) is 11.1. The topological polar surface area (TPSA) is 0 Å². The third-order valence-electron chi connectivity index (χ3n) is 2.40. The molecule has 0 heterocycles. The maximum absolute atomic E-state index is 3.00. The molecular weight excluding hydrogens is 248 g/mol. The van der Waals surface area contributed by atoms with Gasteiger partial charge in [-0.2, -0.15) is 0 Å². The Morgan fingerprint density at radius 1 is 1.00 bits per heavy atom. The van der Waals surface area contributed by atoms with Gasteiger partial charge in [0, 0.05) is 17.1 Å². The van der Waals surface area contributed by atoms with E-state index in [2.05, 4.69) is 54.6 Å². The average Bonchev–Trinajstić information content (AvgIpc) is 3.07. The van der Waals surface area contributed by atoms with Gasteiger partial charge in [-0.15, -0.1) is 6.08 Å². The van der Waals surface area contributed by atoms with Gasteiger partial charge in [-0.25, -0.2) is 0 Å². The van der Waals surface area contributed by atoms with E-state index in [1.54, 1.807) is 6.07 Å². The van der Waals surface area contributed by atoms with E-state index in [0.717, 1.165) is 5.56 Å². The van der Waals surface area contributed by atoms with Gasteiger partial charge < -0.3 is 60.2 Å². The molecular formula is C16H10Fe-10. The first-order chi connectivity index (χ1) is 7.97. The van der Waals surface area contributed by atoms with Crippen LogP contribution in [0.25, 0.3) is 5.57 Å². The summed E-state index contributed by atoms with van der Waals surface area (Å²) in [4.78, 5) is 0. The van der Waals surface area contributed by atoms with E-state index in [0.29, 0.717) is 0 Å². The van der Waals surface area contributed by atoms with Gasteiger partial charge in [-0.3, -0.25) is 5.57 Å². The van der Waals surface area contributed by atoms with Crippen molar-refractivity contribution in [3.8, 4) is 0 Å². The van der Waals surface area contributed by atoms with Crippen LogP contribution in [-0.4, -0.2) is 0 Å². The van der Waals surface area contributed by atoms with Gasteiger partial charge in [0.05, 0.1) is 0 Å². The Hall–Kier alpha value is -1.04. The van der Waals surface area contributed by atoms with E-state index in [-0.39, 0.29) is 17.1 Å². The molecule has 0 saturated heterocycles. The Kier molecular flexibility index (Phi) is 6.69. The molecule has 0 N–H and O–H groups in total. The second kappa shape index (κ2) is 8.11. The van der Waals surface area contributed by atoms with Gasteiger partial charge in [-0.05, 0) is 12.8 Å². The third-order valence-corrected chi connectivity index (χ3v) is 2.40. The maximum Gasteiger partial charge on any atom is 0 e. The molecule has 0 bridgehead atoms. The summed E-state index contributed by atoms with van der Waals surface area (Å²) < 4.78 is 0. The van der Waals surface area contributed by atoms with Crippen molar-refractivity contribution in [1.29, 1.82) is 0 Å². The molecule has 0 saturated carbocycles. The number of rotatable bonds is 1. The van der Waals surface area contributed by atoms with Crippen LogP contribution in [0.3, 0.4) is 0 Å². The van der Waals surface area contributed by atoms with Crippen LogP contribution in [0, 0.1) is 48.5 Å². The van der Waals surface area contributed by atoms with Crippen LogP contribution in [0.2, 0.25) is 0 Å². The fraction of sp³-hybridized carbons (Fsp3) is 0.250. The third kappa shape index (κ3) is 4.77. The molecule has 2 aromatic carbocycles. The first-order valence-electron chi connectivity index (χ1n) is 5.38. The van der Waals surface area contributed by atoms with E-state index in [1.807, 2.05) is 0 Å². The van der Waals surface area contributed by atoms with Crippen LogP contribution >= 0.6 is 0 Å². The molecule has 17 heavy (non-hydrogen) atoms. The summed E-state index contributed by atoms with van der Waals surface area (Å²) in [6.45, 7) is 0. The molecule has 0 atom stereocenters. The van der Waals surface area contributed by atoms with Gasteiger partial charge in [0.1, 0.15) is 0 Å². The zero-order valence-electron chi connectivity index (χ0n) is 9.34. The standard InChI is InChI=1S/C11H9.C5H.Fe/c1-2-6-10(7-3-1)11-8-4-5-9-11;1-2-4-5-3-1;/h6H,1-3,7H2;1H;/q2*-5;. The largest absolute Gasteiger partial charge is 0.999 e. The molecule has 0 amide bonds. The van der Waals surface area contributed by atoms with Gasteiger partial charge >= 0.3 is 0 Å². The van der Waals surface area contributed by atoms with Crippen LogP contribution in [0.5, 0.6) is 0 Å². The normalized spacial score (nSPS) is 14.0. The number of hydrogen-bond acceptors (Lipinski definition) is 0. The summed E-state index contributed by atoms with van der Waals surface area (Å²) in [5.41, 5.74) is 2.46. The van der Waals surface area contributed by atoms with Crippen LogP contribution in [0.15, 0.2) is 12.1 Å². The van der Waals surface area contributed by atoms with Crippen molar-refractivity contribution in [3.05, 3.63) is 66.2 Å². The molecule has 0 spiro atoms. The van der Waals surface area contributed by atoms with Crippen LogP contribution in [0.1, 0.15) is 31.2 Å². The summed E-state index contributed by atoms with van der Waals surface area (Å²) in [7, 11) is 0. The second-order valence-electron chi connectivity index (χ2n) is 3.53. The maximum atomic E-state index is 3.00. The number of hydrogen-bond donors (Lipinski definition) is 0. The predicted octanol–water partition coefficient (Wildman–Crippen LogP) is 3.17. The molecule has 0 unspecified atom stereocenters. The van der Waals surface area contributed by atoms with E-state index < -0.39 is 0 Å². The van der Waals surface area contributed by atoms with Crippen molar-refractivity contribution in [2.45, 2.75) is 25.7 Å². The summed E-state index contributed by atoms with van der Waals surface area (Å²) in [6.07, 6.45) is 7.31. The van der Waals surface area contributed by atoms with E-state index in [4.69, 9.17) is 0 Å². The summed E-state index contributed by atoms with van der Waals surface area (Å²) >= 11 is 0. The molecule has 3 rings (SSSR count). The minimum atomic E-state index is 0. The van der Waals surface area contributed by atoms with Crippen molar-refractivity contribution >= 4 is 5.57 Å². The zero-order valence-corrected chi connectivity index (χ0v) is 10.4. The molecule has 1 heteroatoms. The Bertz CT molecular complexity index is 375. The van der Waals surface area contributed by atoms with Crippen LogP contribution in [-0.2, 0) is 17.1 Å². The smallest absolute Gasteiger partial charge is 0 e. The van der Waals surface area contributed by atoms with Gasteiger partial charge in [0.2, 0.25) is 0 Å². The Labute approximate surface area is 115 Å². The first kappa shape index (κ1) is 14.0. The molecule has 0 aliphatic heterocycles. The van der Waals surface area contributed by atoms with Crippen molar-refractivity contribution < 1.29 is 17.1 Å². The van der Waals surface area contributed by atoms with Crippen molar-refractivity contribution in [2.24, 2.45) is 0 Å². The summed E-state index contributed by atoms with van der Waals surface area (Å²) in [6, 6.07) is 23.6. The molecule has 1 aliphatic carbocycles. The molecule has 2 aromatic rings.